The van der Waals surface area contributed by atoms with Gasteiger partial charge in [-0.2, -0.15) is 0 Å². The molecule has 0 saturated carbocycles. The topological polar surface area (TPSA) is 3.24 Å². The zero-order valence-corrected chi connectivity index (χ0v) is 32.7. The molecule has 1 nitrogen and oxygen atoms in total. The van der Waals surface area contributed by atoms with Gasteiger partial charge in [-0.25, -0.2) is 0 Å². The average Bonchev–Trinajstić information content (AvgIpc) is 3.48. The van der Waals surface area contributed by atoms with E-state index in [0.29, 0.717) is 0 Å². The van der Waals surface area contributed by atoms with Gasteiger partial charge in [0.25, 0.3) is 0 Å². The first-order valence-corrected chi connectivity index (χ1v) is 20.3. The Balaban J connectivity index is 1.10. The Labute approximate surface area is 341 Å². The molecule has 0 aromatic heterocycles. The lowest BCUT2D eigenvalue weighted by atomic mass is 9.82. The summed E-state index contributed by atoms with van der Waals surface area (Å²) in [5, 5.41) is 0. The monoisotopic (exact) mass is 739 g/mol. The third-order valence-corrected chi connectivity index (χ3v) is 12.4. The quantitative estimate of drug-likeness (QED) is 0.164. The highest BCUT2D eigenvalue weighted by Gasteiger charge is 2.36. The maximum absolute atomic E-state index is 2.44. The molecule has 0 heterocycles. The van der Waals surface area contributed by atoms with E-state index in [0.717, 1.165) is 17.1 Å². The maximum Gasteiger partial charge on any atom is 0.0467 e. The van der Waals surface area contributed by atoms with Gasteiger partial charge >= 0.3 is 0 Å². The lowest BCUT2D eigenvalue weighted by molar-refractivity contribution is 0.660. The summed E-state index contributed by atoms with van der Waals surface area (Å²) in [5.41, 5.74) is 23.5. The third kappa shape index (κ3) is 5.46. The van der Waals surface area contributed by atoms with Crippen molar-refractivity contribution in [1.82, 2.24) is 0 Å². The van der Waals surface area contributed by atoms with Crippen molar-refractivity contribution in [1.29, 1.82) is 0 Å². The molecule has 1 heteroatoms. The van der Waals surface area contributed by atoms with Crippen molar-refractivity contribution in [3.05, 3.63) is 223 Å². The van der Waals surface area contributed by atoms with Crippen LogP contribution >= 0.6 is 0 Å². The molecule has 0 aliphatic heterocycles. The van der Waals surface area contributed by atoms with Gasteiger partial charge in [0.05, 0.1) is 0 Å². The van der Waals surface area contributed by atoms with Gasteiger partial charge in [-0.05, 0) is 131 Å². The zero-order chi connectivity index (χ0) is 38.8. The first-order chi connectivity index (χ1) is 28.5. The highest BCUT2D eigenvalue weighted by molar-refractivity contribution is 6.07. The van der Waals surface area contributed by atoms with Crippen LogP contribution in [0.2, 0.25) is 0 Å². The summed E-state index contributed by atoms with van der Waals surface area (Å²) in [4.78, 5) is 2.44. The van der Waals surface area contributed by atoms with E-state index < -0.39 is 0 Å². The Morgan fingerprint density at radius 1 is 0.276 bits per heavy atom. The van der Waals surface area contributed by atoms with Crippen molar-refractivity contribution < 1.29 is 0 Å². The zero-order valence-electron chi connectivity index (χ0n) is 32.7. The molecular formula is C57H41N. The van der Waals surface area contributed by atoms with E-state index >= 15 is 0 Å². The molecule has 2 bridgehead atoms. The summed E-state index contributed by atoms with van der Waals surface area (Å²) in [6.07, 6.45) is 0. The van der Waals surface area contributed by atoms with Gasteiger partial charge in [0, 0.05) is 22.5 Å². The highest BCUT2D eigenvalue weighted by atomic mass is 15.1. The van der Waals surface area contributed by atoms with Crippen molar-refractivity contribution in [2.45, 2.75) is 19.3 Å². The minimum absolute atomic E-state index is 0.116. The van der Waals surface area contributed by atoms with Crippen LogP contribution in [-0.2, 0) is 5.41 Å². The maximum atomic E-state index is 2.44. The van der Waals surface area contributed by atoms with Gasteiger partial charge in [-0.1, -0.05) is 184 Å². The van der Waals surface area contributed by atoms with Crippen LogP contribution in [-0.4, -0.2) is 0 Å². The van der Waals surface area contributed by atoms with Gasteiger partial charge in [0.1, 0.15) is 0 Å². The number of rotatable bonds is 6. The Morgan fingerprint density at radius 2 is 0.741 bits per heavy atom. The molecule has 0 amide bonds. The first kappa shape index (κ1) is 34.1. The predicted molar refractivity (Wildman–Crippen MR) is 245 cm³/mol. The standard InChI is InChI=1S/C57H41N/c1-57(2)54-26-12-11-23-49(54)50-34-32-45(37-55(50)57)58(43-30-27-40(28-31-43)38-15-5-3-6-16-38)44-20-13-19-42(35-44)56-51-24-14-25-52(56)53-36-41(39-17-7-4-8-18-39)29-33-48(53)46-21-9-10-22-47(46)51/h3-37H,1-2H3. The van der Waals surface area contributed by atoms with E-state index in [4.69, 9.17) is 0 Å². The average molecular weight is 740 g/mol. The normalized spacial score (nSPS) is 12.8. The Morgan fingerprint density at radius 3 is 1.48 bits per heavy atom. The minimum atomic E-state index is -0.116. The lowest BCUT2D eigenvalue weighted by Gasteiger charge is -2.29. The minimum Gasteiger partial charge on any atom is -0.310 e. The smallest absolute Gasteiger partial charge is 0.0467 e. The van der Waals surface area contributed by atoms with Crippen LogP contribution in [0.25, 0.3) is 77.9 Å². The molecule has 0 fully saturated rings. The summed E-state index contributed by atoms with van der Waals surface area (Å²) in [6.45, 7) is 4.72. The molecule has 0 radical (unpaired) electrons. The van der Waals surface area contributed by atoms with Crippen molar-refractivity contribution in [2.75, 3.05) is 4.90 Å². The number of hydrogen-bond acceptors (Lipinski definition) is 1. The molecule has 9 aromatic rings. The van der Waals surface area contributed by atoms with Crippen LogP contribution in [0.5, 0.6) is 0 Å². The number of anilines is 3. The second kappa shape index (κ2) is 13.5. The molecule has 0 spiro atoms. The molecule has 0 N–H and O–H groups in total. The fraction of sp³-hybridized carbons (Fsp3) is 0.0526. The summed E-state index contributed by atoms with van der Waals surface area (Å²) in [6, 6.07) is 78.3. The van der Waals surface area contributed by atoms with Gasteiger partial charge in [0.2, 0.25) is 0 Å². The third-order valence-electron chi connectivity index (χ3n) is 12.4. The summed E-state index contributed by atoms with van der Waals surface area (Å²) in [5.74, 6) is 0. The van der Waals surface area contributed by atoms with Gasteiger partial charge in [-0.15, -0.1) is 0 Å². The van der Waals surface area contributed by atoms with Crippen LogP contribution < -0.4 is 4.90 Å². The van der Waals surface area contributed by atoms with E-state index in [1.54, 1.807) is 0 Å². The molecule has 11 rings (SSSR count). The molecule has 9 aromatic carbocycles. The van der Waals surface area contributed by atoms with E-state index in [1.807, 2.05) is 0 Å². The SMILES string of the molecule is CC1(C)c2ccccc2-c2ccc(N(c3ccc(-c4ccccc4)cc3)c3cccc(-c4c5cccc4-c4cc(-c6ccccc6)ccc4-c4ccccc4-5)c3)cc21. The fourth-order valence-electron chi connectivity index (χ4n) is 9.59. The molecular weight excluding hydrogens is 699 g/mol. The molecule has 2 aliphatic carbocycles. The summed E-state index contributed by atoms with van der Waals surface area (Å²) in [7, 11) is 0. The predicted octanol–water partition coefficient (Wildman–Crippen LogP) is 15.8. The van der Waals surface area contributed by atoms with Crippen LogP contribution in [0.1, 0.15) is 25.0 Å². The lowest BCUT2D eigenvalue weighted by Crippen LogP contribution is -2.16. The Kier molecular flexibility index (Phi) is 7.91. The Hall–Kier alpha value is -7.22. The molecule has 2 aliphatic rings. The fourth-order valence-corrected chi connectivity index (χ4v) is 9.59. The second-order valence-corrected chi connectivity index (χ2v) is 16.1. The Bertz CT molecular complexity index is 3010. The van der Waals surface area contributed by atoms with Crippen molar-refractivity contribution in [3.63, 3.8) is 0 Å². The van der Waals surface area contributed by atoms with E-state index in [-0.39, 0.29) is 5.41 Å². The van der Waals surface area contributed by atoms with Crippen LogP contribution in [0, 0.1) is 0 Å². The van der Waals surface area contributed by atoms with Crippen molar-refractivity contribution in [3.8, 4) is 77.9 Å². The van der Waals surface area contributed by atoms with E-state index in [2.05, 4.69) is 231 Å². The van der Waals surface area contributed by atoms with E-state index in [9.17, 15) is 0 Å². The van der Waals surface area contributed by atoms with Gasteiger partial charge < -0.3 is 4.90 Å². The molecule has 0 atom stereocenters. The summed E-state index contributed by atoms with van der Waals surface area (Å²) >= 11 is 0. The van der Waals surface area contributed by atoms with Crippen molar-refractivity contribution in [2.24, 2.45) is 0 Å². The van der Waals surface area contributed by atoms with Crippen LogP contribution in [0.4, 0.5) is 17.1 Å². The van der Waals surface area contributed by atoms with Crippen LogP contribution in [0.15, 0.2) is 212 Å². The molecule has 0 saturated heterocycles. The van der Waals surface area contributed by atoms with E-state index in [1.165, 1.54) is 89.0 Å². The molecule has 274 valence electrons. The largest absolute Gasteiger partial charge is 0.310 e. The molecule has 58 heavy (non-hydrogen) atoms. The number of hydrogen-bond donors (Lipinski definition) is 0. The number of benzene rings is 9. The van der Waals surface area contributed by atoms with Crippen LogP contribution in [0.3, 0.4) is 0 Å². The highest BCUT2D eigenvalue weighted by Crippen LogP contribution is 2.53. The van der Waals surface area contributed by atoms with Gasteiger partial charge in [-0.3, -0.25) is 0 Å². The summed E-state index contributed by atoms with van der Waals surface area (Å²) < 4.78 is 0. The first-order valence-electron chi connectivity index (χ1n) is 20.3. The second-order valence-electron chi connectivity index (χ2n) is 16.1. The number of fused-ring (bicyclic) bond motifs is 10. The van der Waals surface area contributed by atoms with Crippen molar-refractivity contribution >= 4 is 17.1 Å². The molecule has 0 unspecified atom stereocenters. The number of nitrogens with zero attached hydrogens (tertiary/aromatic N) is 1. The van der Waals surface area contributed by atoms with Gasteiger partial charge in [0.15, 0.2) is 0 Å².